The third kappa shape index (κ3) is 5.14. The molecule has 1 heterocycles. The van der Waals surface area contributed by atoms with Crippen LogP contribution < -0.4 is 0 Å². The summed E-state index contributed by atoms with van der Waals surface area (Å²) in [7, 11) is 0. The average Bonchev–Trinajstić information content (AvgIpc) is 2.44. The maximum absolute atomic E-state index is 12.1. The van der Waals surface area contributed by atoms with Crippen LogP contribution in [0.5, 0.6) is 0 Å². The number of morpholine rings is 1. The third-order valence-electron chi connectivity index (χ3n) is 3.66. The summed E-state index contributed by atoms with van der Waals surface area (Å²) in [6, 6.07) is 9.77. The van der Waals surface area contributed by atoms with E-state index in [0.717, 1.165) is 31.8 Å². The van der Waals surface area contributed by atoms with Crippen LogP contribution in [0.25, 0.3) is 0 Å². The number of carbonyl (C=O) groups is 1. The molecule has 0 bridgehead atoms. The molecule has 1 aliphatic rings. The number of hydrogen-bond donors (Lipinski definition) is 0. The van der Waals surface area contributed by atoms with E-state index in [1.54, 1.807) is 0 Å². The Bertz CT molecular complexity index is 458. The van der Waals surface area contributed by atoms with Gasteiger partial charge in [0.15, 0.2) is 0 Å². The molecule has 0 amide bonds. The summed E-state index contributed by atoms with van der Waals surface area (Å²) in [5.74, 6) is -0.259. The molecule has 1 aromatic carbocycles. The molecule has 0 aromatic heterocycles. The second kappa shape index (κ2) is 7.05. The molecule has 1 aromatic rings. The van der Waals surface area contributed by atoms with Crippen LogP contribution in [-0.2, 0) is 20.9 Å². The van der Waals surface area contributed by atoms with Crippen LogP contribution in [0.3, 0.4) is 0 Å². The molecule has 0 spiro atoms. The van der Waals surface area contributed by atoms with Gasteiger partial charge in [-0.3, -0.25) is 9.69 Å². The molecular weight excluding hydrogens is 266 g/mol. The summed E-state index contributed by atoms with van der Waals surface area (Å²) >= 11 is 0. The first-order valence-electron chi connectivity index (χ1n) is 7.53. The maximum atomic E-state index is 12.1. The minimum absolute atomic E-state index is 0.123. The number of esters is 1. The first-order chi connectivity index (χ1) is 9.96. The highest BCUT2D eigenvalue weighted by Crippen LogP contribution is 2.17. The van der Waals surface area contributed by atoms with Crippen molar-refractivity contribution >= 4 is 5.97 Å². The Balaban J connectivity index is 1.77. The molecule has 1 fully saturated rings. The van der Waals surface area contributed by atoms with Gasteiger partial charge in [0.05, 0.1) is 18.1 Å². The molecule has 2 rings (SSSR count). The lowest BCUT2D eigenvalue weighted by Crippen LogP contribution is -2.50. The number of carbonyl (C=O) groups excluding carboxylic acids is 1. The van der Waals surface area contributed by atoms with Crippen LogP contribution in [0.15, 0.2) is 30.3 Å². The normalized spacial score (nSPS) is 20.0. The van der Waals surface area contributed by atoms with E-state index in [1.165, 1.54) is 0 Å². The van der Waals surface area contributed by atoms with Crippen LogP contribution in [0, 0.1) is 5.92 Å². The average molecular weight is 291 g/mol. The Morgan fingerprint density at radius 3 is 2.76 bits per heavy atom. The maximum Gasteiger partial charge on any atom is 0.310 e. The number of rotatable bonds is 5. The molecular formula is C17H25NO3. The first kappa shape index (κ1) is 16.0. The molecule has 1 saturated heterocycles. The first-order valence-corrected chi connectivity index (χ1v) is 7.53. The van der Waals surface area contributed by atoms with Gasteiger partial charge >= 0.3 is 5.97 Å². The molecule has 0 radical (unpaired) electrons. The summed E-state index contributed by atoms with van der Waals surface area (Å²) in [5.41, 5.74) is 0.886. The van der Waals surface area contributed by atoms with Crippen LogP contribution in [0.4, 0.5) is 0 Å². The van der Waals surface area contributed by atoms with Crippen molar-refractivity contribution in [2.24, 2.45) is 5.92 Å². The van der Waals surface area contributed by atoms with Gasteiger partial charge in [-0.2, -0.15) is 0 Å². The topological polar surface area (TPSA) is 38.8 Å². The van der Waals surface area contributed by atoms with E-state index in [0.29, 0.717) is 6.61 Å². The molecule has 0 aliphatic carbocycles. The minimum Gasteiger partial charge on any atom is -0.461 e. The Hall–Kier alpha value is -1.39. The zero-order valence-electron chi connectivity index (χ0n) is 13.2. The summed E-state index contributed by atoms with van der Waals surface area (Å²) in [4.78, 5) is 14.3. The number of hydrogen-bond acceptors (Lipinski definition) is 4. The molecule has 4 heteroatoms. The molecule has 21 heavy (non-hydrogen) atoms. The highest BCUT2D eigenvalue weighted by Gasteiger charge is 2.29. The highest BCUT2D eigenvalue weighted by atomic mass is 16.5. The van der Waals surface area contributed by atoms with Gasteiger partial charge in [0, 0.05) is 19.6 Å². The number of ether oxygens (including phenoxy) is 2. The fourth-order valence-corrected chi connectivity index (χ4v) is 2.60. The van der Waals surface area contributed by atoms with Crippen molar-refractivity contribution < 1.29 is 14.3 Å². The Kier molecular flexibility index (Phi) is 5.37. The van der Waals surface area contributed by atoms with Gasteiger partial charge in [-0.1, -0.05) is 37.3 Å². The zero-order valence-corrected chi connectivity index (χ0v) is 13.2. The highest BCUT2D eigenvalue weighted by molar-refractivity contribution is 5.72. The molecule has 0 N–H and O–H groups in total. The Morgan fingerprint density at radius 2 is 2.10 bits per heavy atom. The molecule has 0 saturated carbocycles. The van der Waals surface area contributed by atoms with Crippen LogP contribution in [0.2, 0.25) is 0 Å². The van der Waals surface area contributed by atoms with E-state index in [4.69, 9.17) is 9.47 Å². The van der Waals surface area contributed by atoms with Crippen molar-refractivity contribution in [3.05, 3.63) is 35.9 Å². The van der Waals surface area contributed by atoms with E-state index in [9.17, 15) is 4.79 Å². The van der Waals surface area contributed by atoms with Crippen LogP contribution in [-0.4, -0.2) is 42.7 Å². The number of nitrogens with zero attached hydrogens (tertiary/aromatic N) is 1. The van der Waals surface area contributed by atoms with Gasteiger partial charge in [-0.05, 0) is 19.4 Å². The van der Waals surface area contributed by atoms with E-state index < -0.39 is 0 Å². The lowest BCUT2D eigenvalue weighted by molar-refractivity contribution is -0.151. The predicted octanol–water partition coefficient (Wildman–Crippen LogP) is 2.48. The standard InChI is InChI=1S/C17H25NO3/c1-14(11-18-9-10-21-17(2,3)13-18)16(19)20-12-15-7-5-4-6-8-15/h4-8,14H,9-13H2,1-3H3. The monoisotopic (exact) mass is 291 g/mol. The molecule has 4 nitrogen and oxygen atoms in total. The van der Waals surface area contributed by atoms with E-state index in [1.807, 2.05) is 37.3 Å². The zero-order chi connectivity index (χ0) is 15.3. The lowest BCUT2D eigenvalue weighted by Gasteiger charge is -2.38. The van der Waals surface area contributed by atoms with Gasteiger partial charge in [-0.15, -0.1) is 0 Å². The summed E-state index contributed by atoms with van der Waals surface area (Å²) in [5, 5.41) is 0. The quantitative estimate of drug-likeness (QED) is 0.781. The van der Waals surface area contributed by atoms with E-state index in [-0.39, 0.29) is 17.5 Å². The van der Waals surface area contributed by atoms with Crippen LogP contribution >= 0.6 is 0 Å². The summed E-state index contributed by atoms with van der Waals surface area (Å²) in [6.45, 7) is 9.60. The van der Waals surface area contributed by atoms with Crippen molar-refractivity contribution in [1.29, 1.82) is 0 Å². The third-order valence-corrected chi connectivity index (χ3v) is 3.66. The predicted molar refractivity (Wildman–Crippen MR) is 81.9 cm³/mol. The second-order valence-electron chi connectivity index (χ2n) is 6.34. The molecule has 1 aliphatic heterocycles. The SMILES string of the molecule is CC(CN1CCOC(C)(C)C1)C(=O)OCc1ccccc1. The van der Waals surface area contributed by atoms with Gasteiger partial charge in [0.1, 0.15) is 6.61 Å². The smallest absolute Gasteiger partial charge is 0.310 e. The molecule has 1 unspecified atom stereocenters. The van der Waals surface area contributed by atoms with Crippen LogP contribution in [0.1, 0.15) is 26.3 Å². The Labute approximate surface area is 127 Å². The van der Waals surface area contributed by atoms with Crippen molar-refractivity contribution in [1.82, 2.24) is 4.90 Å². The fraction of sp³-hybridized carbons (Fsp3) is 0.588. The fourth-order valence-electron chi connectivity index (χ4n) is 2.60. The molecule has 1 atom stereocenters. The largest absolute Gasteiger partial charge is 0.461 e. The van der Waals surface area contributed by atoms with Gasteiger partial charge < -0.3 is 9.47 Å². The van der Waals surface area contributed by atoms with Crippen molar-refractivity contribution in [3.8, 4) is 0 Å². The van der Waals surface area contributed by atoms with E-state index in [2.05, 4.69) is 18.7 Å². The van der Waals surface area contributed by atoms with Crippen molar-refractivity contribution in [3.63, 3.8) is 0 Å². The van der Waals surface area contributed by atoms with Gasteiger partial charge in [-0.25, -0.2) is 0 Å². The Morgan fingerprint density at radius 1 is 1.38 bits per heavy atom. The van der Waals surface area contributed by atoms with Gasteiger partial charge in [0.25, 0.3) is 0 Å². The molecule has 116 valence electrons. The van der Waals surface area contributed by atoms with Crippen molar-refractivity contribution in [2.75, 3.05) is 26.2 Å². The minimum atomic E-state index is -0.136. The van der Waals surface area contributed by atoms with E-state index >= 15 is 0 Å². The summed E-state index contributed by atoms with van der Waals surface area (Å²) in [6.07, 6.45) is 0. The second-order valence-corrected chi connectivity index (χ2v) is 6.34. The van der Waals surface area contributed by atoms with Gasteiger partial charge in [0.2, 0.25) is 0 Å². The lowest BCUT2D eigenvalue weighted by atomic mass is 10.1. The van der Waals surface area contributed by atoms with Crippen molar-refractivity contribution in [2.45, 2.75) is 33.0 Å². The number of benzene rings is 1. The summed E-state index contributed by atoms with van der Waals surface area (Å²) < 4.78 is 11.1.